The first-order valence-electron chi connectivity index (χ1n) is 4.10. The first-order valence-corrected chi connectivity index (χ1v) is 6.66. The van der Waals surface area contributed by atoms with Gasteiger partial charge in [0, 0.05) is 10.6 Å². The SMILES string of the molecule is COS(=O)(=O)CCSc1ccccc1.[NaH]. The van der Waals surface area contributed by atoms with Crippen LogP contribution in [0.15, 0.2) is 35.2 Å². The molecule has 1 aromatic carbocycles. The number of benzene rings is 1. The second-order valence-corrected chi connectivity index (χ2v) is 5.62. The van der Waals surface area contributed by atoms with Gasteiger partial charge in [-0.05, 0) is 12.1 Å². The van der Waals surface area contributed by atoms with E-state index in [9.17, 15) is 8.42 Å². The molecule has 0 saturated heterocycles. The zero-order valence-electron chi connectivity index (χ0n) is 7.84. The average Bonchev–Trinajstić information content (AvgIpc) is 2.19. The van der Waals surface area contributed by atoms with E-state index in [1.54, 1.807) is 0 Å². The normalized spacial score (nSPS) is 10.7. The van der Waals surface area contributed by atoms with Crippen LogP contribution in [-0.4, -0.2) is 56.6 Å². The van der Waals surface area contributed by atoms with Crippen molar-refractivity contribution in [2.45, 2.75) is 4.90 Å². The molecule has 0 radical (unpaired) electrons. The van der Waals surface area contributed by atoms with Crippen molar-refractivity contribution in [3.63, 3.8) is 0 Å². The minimum absolute atomic E-state index is 0. The van der Waals surface area contributed by atoms with Crippen molar-refractivity contribution in [3.05, 3.63) is 30.3 Å². The third-order valence-corrected chi connectivity index (χ3v) is 4.08. The predicted octanol–water partition coefficient (Wildman–Crippen LogP) is 1.11. The van der Waals surface area contributed by atoms with E-state index >= 15 is 0 Å². The molecule has 15 heavy (non-hydrogen) atoms. The monoisotopic (exact) mass is 256 g/mol. The summed E-state index contributed by atoms with van der Waals surface area (Å²) in [7, 11) is -2.13. The summed E-state index contributed by atoms with van der Waals surface area (Å²) in [6.07, 6.45) is 0. The minimum atomic E-state index is -3.31. The Morgan fingerprint density at radius 1 is 1.27 bits per heavy atom. The second-order valence-electron chi connectivity index (χ2n) is 2.59. The molecule has 0 spiro atoms. The molecule has 1 aromatic rings. The van der Waals surface area contributed by atoms with Gasteiger partial charge in [-0.25, -0.2) is 0 Å². The molecule has 80 valence electrons. The number of hydrogen-bond donors (Lipinski definition) is 0. The third-order valence-electron chi connectivity index (χ3n) is 1.60. The predicted molar refractivity (Wildman–Crippen MR) is 65.1 cm³/mol. The summed E-state index contributed by atoms with van der Waals surface area (Å²) in [5, 5.41) is 0. The molecule has 0 atom stereocenters. The van der Waals surface area contributed by atoms with Crippen LogP contribution in [0.1, 0.15) is 0 Å². The molecule has 6 heteroatoms. The van der Waals surface area contributed by atoms with E-state index in [0.717, 1.165) is 4.90 Å². The summed E-state index contributed by atoms with van der Waals surface area (Å²) >= 11 is 1.50. The molecular weight excluding hydrogens is 243 g/mol. The van der Waals surface area contributed by atoms with E-state index in [4.69, 9.17) is 0 Å². The van der Waals surface area contributed by atoms with Crippen LogP contribution in [0, 0.1) is 0 Å². The number of thioether (sulfide) groups is 1. The molecule has 0 fully saturated rings. The Morgan fingerprint density at radius 3 is 2.40 bits per heavy atom. The standard InChI is InChI=1S/C9H12O3S2.Na.H/c1-12-14(10,11)8-7-13-9-5-3-2-4-6-9;;/h2-6H,7-8H2,1H3;;. The molecule has 0 saturated carbocycles. The maximum atomic E-state index is 11.0. The van der Waals surface area contributed by atoms with Crippen LogP contribution >= 0.6 is 11.8 Å². The van der Waals surface area contributed by atoms with Gasteiger partial charge < -0.3 is 0 Å². The zero-order chi connectivity index (χ0) is 10.4. The van der Waals surface area contributed by atoms with Crippen molar-refractivity contribution in [2.24, 2.45) is 0 Å². The summed E-state index contributed by atoms with van der Waals surface area (Å²) in [4.78, 5) is 1.07. The fourth-order valence-corrected chi connectivity index (χ4v) is 2.76. The van der Waals surface area contributed by atoms with Crippen LogP contribution in [0.5, 0.6) is 0 Å². The van der Waals surface area contributed by atoms with Gasteiger partial charge in [-0.1, -0.05) is 18.2 Å². The molecule has 0 aliphatic rings. The van der Waals surface area contributed by atoms with Gasteiger partial charge in [0.1, 0.15) is 0 Å². The summed E-state index contributed by atoms with van der Waals surface area (Å²) in [5.41, 5.74) is 0. The van der Waals surface area contributed by atoms with Gasteiger partial charge in [0.2, 0.25) is 0 Å². The number of rotatable bonds is 5. The fraction of sp³-hybridized carbons (Fsp3) is 0.333. The van der Waals surface area contributed by atoms with E-state index in [2.05, 4.69) is 4.18 Å². The molecule has 0 N–H and O–H groups in total. The maximum absolute atomic E-state index is 11.0. The van der Waals surface area contributed by atoms with Crippen molar-refractivity contribution in [1.29, 1.82) is 0 Å². The van der Waals surface area contributed by atoms with Crippen molar-refractivity contribution in [2.75, 3.05) is 18.6 Å². The molecule has 0 aliphatic carbocycles. The van der Waals surface area contributed by atoms with Gasteiger partial charge in [0.25, 0.3) is 10.1 Å². The molecule has 3 nitrogen and oxygen atoms in total. The van der Waals surface area contributed by atoms with Crippen LogP contribution in [0.3, 0.4) is 0 Å². The Morgan fingerprint density at radius 2 is 1.87 bits per heavy atom. The number of hydrogen-bond acceptors (Lipinski definition) is 4. The molecule has 0 unspecified atom stereocenters. The quantitative estimate of drug-likeness (QED) is 0.449. The molecular formula is C9H13NaO3S2. The van der Waals surface area contributed by atoms with Crippen molar-refractivity contribution in [3.8, 4) is 0 Å². The van der Waals surface area contributed by atoms with E-state index in [1.807, 2.05) is 30.3 Å². The Kier molecular flexibility index (Phi) is 7.95. The van der Waals surface area contributed by atoms with Crippen LogP contribution in [0.25, 0.3) is 0 Å². The first-order chi connectivity index (χ1) is 6.64. The molecule has 0 heterocycles. The third kappa shape index (κ3) is 6.60. The van der Waals surface area contributed by atoms with E-state index in [0.29, 0.717) is 5.75 Å². The van der Waals surface area contributed by atoms with Crippen molar-refractivity contribution >= 4 is 51.4 Å². The van der Waals surface area contributed by atoms with Gasteiger partial charge in [-0.3, -0.25) is 4.18 Å². The summed E-state index contributed by atoms with van der Waals surface area (Å²) in [5.74, 6) is 0.559. The molecule has 0 aliphatic heterocycles. The topological polar surface area (TPSA) is 43.4 Å². The Bertz CT molecular complexity index is 364. The Balaban J connectivity index is 0.00000196. The van der Waals surface area contributed by atoms with Gasteiger partial charge in [0.05, 0.1) is 12.9 Å². The molecule has 0 aromatic heterocycles. The molecule has 1 rings (SSSR count). The van der Waals surface area contributed by atoms with Crippen molar-refractivity contribution in [1.82, 2.24) is 0 Å². The molecule has 0 bridgehead atoms. The average molecular weight is 256 g/mol. The van der Waals surface area contributed by atoms with Gasteiger partial charge in [-0.15, -0.1) is 11.8 Å². The van der Waals surface area contributed by atoms with Crippen LogP contribution in [-0.2, 0) is 14.3 Å². The van der Waals surface area contributed by atoms with Gasteiger partial charge in [0.15, 0.2) is 0 Å². The van der Waals surface area contributed by atoms with Crippen LogP contribution < -0.4 is 0 Å². The van der Waals surface area contributed by atoms with Gasteiger partial charge in [-0.2, -0.15) is 8.42 Å². The fourth-order valence-electron chi connectivity index (χ4n) is 0.862. The Labute approximate surface area is 117 Å². The van der Waals surface area contributed by atoms with E-state index < -0.39 is 10.1 Å². The molecule has 0 amide bonds. The van der Waals surface area contributed by atoms with Crippen molar-refractivity contribution < 1.29 is 12.6 Å². The summed E-state index contributed by atoms with van der Waals surface area (Å²) < 4.78 is 26.2. The Hall–Kier alpha value is 0.480. The zero-order valence-corrected chi connectivity index (χ0v) is 9.48. The van der Waals surface area contributed by atoms with E-state index in [-0.39, 0.29) is 35.3 Å². The summed E-state index contributed by atoms with van der Waals surface area (Å²) in [6.45, 7) is 0. The van der Waals surface area contributed by atoms with Gasteiger partial charge >= 0.3 is 29.6 Å². The first kappa shape index (κ1) is 15.5. The summed E-state index contributed by atoms with van der Waals surface area (Å²) in [6, 6.07) is 9.67. The van der Waals surface area contributed by atoms with Crippen LogP contribution in [0.4, 0.5) is 0 Å². The van der Waals surface area contributed by atoms with Crippen LogP contribution in [0.2, 0.25) is 0 Å². The van der Waals surface area contributed by atoms with E-state index in [1.165, 1.54) is 18.9 Å². The second kappa shape index (κ2) is 7.70.